The standard InChI is InChI=1S/C15H17Cl2NO4/c1-15(14(20)21)5-2-6-18(9-15)13(19)8-22-12-7-10(16)3-4-11(12)17/h3-4,7H,2,5-6,8-9H2,1H3,(H,20,21). The molecule has 0 aliphatic carbocycles. The molecular weight excluding hydrogens is 329 g/mol. The zero-order chi connectivity index (χ0) is 16.3. The van der Waals surface area contributed by atoms with Crippen molar-refractivity contribution in [2.24, 2.45) is 5.41 Å². The van der Waals surface area contributed by atoms with E-state index >= 15 is 0 Å². The van der Waals surface area contributed by atoms with Crippen molar-refractivity contribution in [1.29, 1.82) is 0 Å². The molecule has 22 heavy (non-hydrogen) atoms. The highest BCUT2D eigenvalue weighted by molar-refractivity contribution is 6.34. The fourth-order valence-electron chi connectivity index (χ4n) is 2.45. The number of carbonyl (C=O) groups excluding carboxylic acids is 1. The van der Waals surface area contributed by atoms with Crippen molar-refractivity contribution in [3.8, 4) is 5.75 Å². The number of piperidine rings is 1. The van der Waals surface area contributed by atoms with E-state index in [9.17, 15) is 14.7 Å². The van der Waals surface area contributed by atoms with Crippen molar-refractivity contribution >= 4 is 35.1 Å². The Bertz CT molecular complexity index is 593. The van der Waals surface area contributed by atoms with Crippen LogP contribution in [0.2, 0.25) is 10.0 Å². The minimum atomic E-state index is -0.901. The van der Waals surface area contributed by atoms with E-state index in [-0.39, 0.29) is 19.1 Å². The van der Waals surface area contributed by atoms with Gasteiger partial charge in [0, 0.05) is 24.2 Å². The van der Waals surface area contributed by atoms with Crippen molar-refractivity contribution in [2.45, 2.75) is 19.8 Å². The lowest BCUT2D eigenvalue weighted by atomic mass is 9.82. The van der Waals surface area contributed by atoms with Crippen LogP contribution in [0.5, 0.6) is 5.75 Å². The maximum Gasteiger partial charge on any atom is 0.311 e. The lowest BCUT2D eigenvalue weighted by Gasteiger charge is -2.37. The number of nitrogens with zero attached hydrogens (tertiary/aromatic N) is 1. The van der Waals surface area contributed by atoms with E-state index in [1.807, 2.05) is 0 Å². The summed E-state index contributed by atoms with van der Waals surface area (Å²) < 4.78 is 5.41. The van der Waals surface area contributed by atoms with Gasteiger partial charge in [-0.05, 0) is 31.9 Å². The molecule has 7 heteroatoms. The molecule has 1 saturated heterocycles. The summed E-state index contributed by atoms with van der Waals surface area (Å²) in [6.07, 6.45) is 1.22. The van der Waals surface area contributed by atoms with Crippen molar-refractivity contribution in [3.05, 3.63) is 28.2 Å². The zero-order valence-electron chi connectivity index (χ0n) is 12.1. The van der Waals surface area contributed by atoms with Crippen molar-refractivity contribution in [1.82, 2.24) is 4.90 Å². The summed E-state index contributed by atoms with van der Waals surface area (Å²) in [6.45, 7) is 2.18. The van der Waals surface area contributed by atoms with Gasteiger partial charge in [0.05, 0.1) is 10.4 Å². The fourth-order valence-corrected chi connectivity index (χ4v) is 2.78. The van der Waals surface area contributed by atoms with Gasteiger partial charge in [-0.25, -0.2) is 0 Å². The van der Waals surface area contributed by atoms with Gasteiger partial charge >= 0.3 is 5.97 Å². The van der Waals surface area contributed by atoms with Crippen LogP contribution in [0.25, 0.3) is 0 Å². The number of halogens is 2. The van der Waals surface area contributed by atoms with Crippen molar-refractivity contribution in [3.63, 3.8) is 0 Å². The molecule has 120 valence electrons. The van der Waals surface area contributed by atoms with E-state index < -0.39 is 11.4 Å². The van der Waals surface area contributed by atoms with Gasteiger partial charge in [0.15, 0.2) is 6.61 Å². The number of rotatable bonds is 4. The summed E-state index contributed by atoms with van der Waals surface area (Å²) >= 11 is 11.8. The van der Waals surface area contributed by atoms with Gasteiger partial charge in [-0.2, -0.15) is 0 Å². The van der Waals surface area contributed by atoms with E-state index in [1.165, 1.54) is 11.0 Å². The Kier molecular flexibility index (Phi) is 5.19. The highest BCUT2D eigenvalue weighted by atomic mass is 35.5. The summed E-state index contributed by atoms with van der Waals surface area (Å²) in [5.74, 6) is -0.812. The molecule has 5 nitrogen and oxygen atoms in total. The molecule has 1 atom stereocenters. The second kappa shape index (κ2) is 6.75. The molecule has 1 aliphatic rings. The van der Waals surface area contributed by atoms with Crippen molar-refractivity contribution in [2.75, 3.05) is 19.7 Å². The molecule has 0 radical (unpaired) electrons. The quantitative estimate of drug-likeness (QED) is 0.910. The smallest absolute Gasteiger partial charge is 0.311 e. The molecule has 1 heterocycles. The number of benzene rings is 1. The largest absolute Gasteiger partial charge is 0.482 e. The average molecular weight is 346 g/mol. The number of hydrogen-bond acceptors (Lipinski definition) is 3. The molecule has 0 bridgehead atoms. The number of carboxylic acid groups (broad SMARTS) is 1. The molecule has 1 aliphatic heterocycles. The lowest BCUT2D eigenvalue weighted by molar-refractivity contribution is -0.153. The minimum absolute atomic E-state index is 0.188. The van der Waals surface area contributed by atoms with Crippen LogP contribution in [0.1, 0.15) is 19.8 Å². The van der Waals surface area contributed by atoms with Gasteiger partial charge in [-0.15, -0.1) is 0 Å². The van der Waals surface area contributed by atoms with Gasteiger partial charge in [0.1, 0.15) is 5.75 Å². The predicted molar refractivity (Wildman–Crippen MR) is 83.5 cm³/mol. The van der Waals surface area contributed by atoms with Crippen LogP contribution in [0.15, 0.2) is 18.2 Å². The molecule has 1 aromatic rings. The van der Waals surface area contributed by atoms with Gasteiger partial charge in [-0.1, -0.05) is 23.2 Å². The van der Waals surface area contributed by atoms with Gasteiger partial charge in [0.2, 0.25) is 0 Å². The SMILES string of the molecule is CC1(C(=O)O)CCCN(C(=O)COc2cc(Cl)ccc2Cl)C1. The first-order chi connectivity index (χ1) is 10.3. The zero-order valence-corrected chi connectivity index (χ0v) is 13.7. The first-order valence-corrected chi connectivity index (χ1v) is 7.66. The lowest BCUT2D eigenvalue weighted by Crippen LogP contribution is -2.49. The Labute approximate surface area is 138 Å². The molecule has 1 fully saturated rings. The Hall–Kier alpha value is -1.46. The first-order valence-electron chi connectivity index (χ1n) is 6.91. The number of hydrogen-bond donors (Lipinski definition) is 1. The molecule has 0 aromatic heterocycles. The first kappa shape index (κ1) is 16.9. The van der Waals surface area contributed by atoms with Crippen LogP contribution >= 0.6 is 23.2 Å². The molecule has 2 rings (SSSR count). The summed E-state index contributed by atoms with van der Waals surface area (Å²) in [5, 5.41) is 10.1. The number of carboxylic acids is 1. The van der Waals surface area contributed by atoms with E-state index in [0.717, 1.165) is 0 Å². The summed E-state index contributed by atoms with van der Waals surface area (Å²) in [4.78, 5) is 25.0. The Morgan fingerprint density at radius 3 is 2.82 bits per heavy atom. The molecule has 0 spiro atoms. The average Bonchev–Trinajstić information content (AvgIpc) is 2.47. The normalized spacial score (nSPS) is 21.5. The number of likely N-dealkylation sites (tertiary alicyclic amines) is 1. The van der Waals surface area contributed by atoms with Gasteiger partial charge < -0.3 is 14.7 Å². The molecule has 1 unspecified atom stereocenters. The van der Waals surface area contributed by atoms with Crippen LogP contribution in [0.4, 0.5) is 0 Å². The van der Waals surface area contributed by atoms with Crippen LogP contribution in [-0.2, 0) is 9.59 Å². The second-order valence-electron chi connectivity index (χ2n) is 5.65. The Morgan fingerprint density at radius 2 is 2.14 bits per heavy atom. The summed E-state index contributed by atoms with van der Waals surface area (Å²) in [5.41, 5.74) is -0.901. The number of ether oxygens (including phenoxy) is 1. The van der Waals surface area contributed by atoms with E-state index in [4.69, 9.17) is 27.9 Å². The second-order valence-corrected chi connectivity index (χ2v) is 6.49. The van der Waals surface area contributed by atoms with E-state index in [1.54, 1.807) is 19.1 Å². The van der Waals surface area contributed by atoms with E-state index in [0.29, 0.717) is 35.2 Å². The monoisotopic (exact) mass is 345 g/mol. The Balaban J connectivity index is 1.97. The third kappa shape index (κ3) is 3.84. The highest BCUT2D eigenvalue weighted by Gasteiger charge is 2.39. The third-order valence-corrected chi connectivity index (χ3v) is 4.36. The highest BCUT2D eigenvalue weighted by Crippen LogP contribution is 2.30. The molecule has 1 amide bonds. The Morgan fingerprint density at radius 1 is 1.41 bits per heavy atom. The molecule has 1 aromatic carbocycles. The number of carbonyl (C=O) groups is 2. The van der Waals surface area contributed by atoms with Crippen LogP contribution in [-0.4, -0.2) is 41.6 Å². The van der Waals surface area contributed by atoms with Crippen molar-refractivity contribution < 1.29 is 19.4 Å². The maximum absolute atomic E-state index is 12.2. The third-order valence-electron chi connectivity index (χ3n) is 3.81. The van der Waals surface area contributed by atoms with Gasteiger partial charge in [-0.3, -0.25) is 9.59 Å². The number of aliphatic carboxylic acids is 1. The fraction of sp³-hybridized carbons (Fsp3) is 0.467. The molecular formula is C15H17Cl2NO4. The minimum Gasteiger partial charge on any atom is -0.482 e. The molecule has 0 saturated carbocycles. The van der Waals surface area contributed by atoms with Crippen LogP contribution < -0.4 is 4.74 Å². The molecule has 1 N–H and O–H groups in total. The van der Waals surface area contributed by atoms with E-state index in [2.05, 4.69) is 0 Å². The number of amides is 1. The summed E-state index contributed by atoms with van der Waals surface area (Å²) in [6, 6.07) is 4.75. The van der Waals surface area contributed by atoms with Crippen LogP contribution in [0.3, 0.4) is 0 Å². The van der Waals surface area contributed by atoms with Crippen LogP contribution in [0, 0.1) is 5.41 Å². The maximum atomic E-state index is 12.2. The van der Waals surface area contributed by atoms with Gasteiger partial charge in [0.25, 0.3) is 5.91 Å². The topological polar surface area (TPSA) is 66.8 Å². The summed E-state index contributed by atoms with van der Waals surface area (Å²) in [7, 11) is 0. The predicted octanol–water partition coefficient (Wildman–Crippen LogP) is 3.09.